The van der Waals surface area contributed by atoms with E-state index in [1.54, 1.807) is 0 Å². The molecule has 0 aliphatic carbocycles. The summed E-state index contributed by atoms with van der Waals surface area (Å²) in [6.07, 6.45) is 4.02. The molecule has 2 atom stereocenters. The number of nitrogens with two attached hydrogens (primary N) is 1. The Balaban J connectivity index is 1.97. The van der Waals surface area contributed by atoms with Gasteiger partial charge in [0.15, 0.2) is 0 Å². The first-order valence-electron chi connectivity index (χ1n) is 8.09. The molecular weight excluding hydrogens is 308 g/mol. The zero-order chi connectivity index (χ0) is 16.4. The molecule has 2 heterocycles. The molecule has 2 N–H and O–H groups in total. The van der Waals surface area contributed by atoms with Gasteiger partial charge in [-0.25, -0.2) is 9.98 Å². The smallest absolute Gasteiger partial charge is 0.216 e. The van der Waals surface area contributed by atoms with Crippen molar-refractivity contribution in [1.82, 2.24) is 4.90 Å². The molecule has 5 heteroatoms. The van der Waals surface area contributed by atoms with E-state index in [1.165, 1.54) is 5.57 Å². The summed E-state index contributed by atoms with van der Waals surface area (Å²) >= 11 is 6.48. The molecule has 2 aliphatic heterocycles. The van der Waals surface area contributed by atoms with Gasteiger partial charge >= 0.3 is 0 Å². The van der Waals surface area contributed by atoms with Gasteiger partial charge in [0, 0.05) is 29.7 Å². The van der Waals surface area contributed by atoms with Crippen LogP contribution in [0.1, 0.15) is 44.2 Å². The average molecular weight is 331 g/mol. The van der Waals surface area contributed by atoms with E-state index in [-0.39, 0.29) is 12.2 Å². The second-order valence-corrected chi connectivity index (χ2v) is 6.78. The van der Waals surface area contributed by atoms with E-state index in [1.807, 2.05) is 25.1 Å². The largest absolute Gasteiger partial charge is 0.368 e. The Morgan fingerprint density at radius 3 is 2.87 bits per heavy atom. The van der Waals surface area contributed by atoms with Crippen molar-refractivity contribution in [2.45, 2.75) is 44.8 Å². The van der Waals surface area contributed by atoms with Crippen LogP contribution in [0.25, 0.3) is 0 Å². The first kappa shape index (κ1) is 16.2. The molecule has 0 amide bonds. The third kappa shape index (κ3) is 3.65. The zero-order valence-electron chi connectivity index (χ0n) is 13.5. The predicted molar refractivity (Wildman–Crippen MR) is 97.0 cm³/mol. The third-order valence-corrected chi connectivity index (χ3v) is 4.87. The van der Waals surface area contributed by atoms with Crippen LogP contribution in [0.15, 0.2) is 46.4 Å². The van der Waals surface area contributed by atoms with Crippen LogP contribution in [0.5, 0.6) is 0 Å². The number of hydrogen-bond donors (Lipinski definition) is 1. The predicted octanol–water partition coefficient (Wildman–Crippen LogP) is 3.93. The number of halogens is 1. The SMILES string of the molecule is C=C1CCCC(c2ccccc2Cl)N(C2CC(C)=NC(N)=N2)C1. The Kier molecular flexibility index (Phi) is 4.83. The Hall–Kier alpha value is -1.65. The van der Waals surface area contributed by atoms with Crippen molar-refractivity contribution in [3.8, 4) is 0 Å². The lowest BCUT2D eigenvalue weighted by atomic mass is 9.99. The molecular formula is C18H23ClN4. The molecule has 2 aliphatic rings. The van der Waals surface area contributed by atoms with Crippen molar-refractivity contribution in [3.63, 3.8) is 0 Å². The van der Waals surface area contributed by atoms with E-state index in [0.29, 0.717) is 5.96 Å². The summed E-state index contributed by atoms with van der Waals surface area (Å²) in [5, 5.41) is 0.813. The minimum atomic E-state index is 0.00335. The van der Waals surface area contributed by atoms with Crippen LogP contribution in [0, 0.1) is 0 Å². The number of likely N-dealkylation sites (tertiary alicyclic amines) is 1. The van der Waals surface area contributed by atoms with Crippen LogP contribution in [0.4, 0.5) is 0 Å². The van der Waals surface area contributed by atoms with Gasteiger partial charge in [-0.15, -0.1) is 0 Å². The maximum absolute atomic E-state index is 6.48. The Labute approximate surface area is 142 Å². The third-order valence-electron chi connectivity index (χ3n) is 4.53. The Morgan fingerprint density at radius 1 is 1.35 bits per heavy atom. The van der Waals surface area contributed by atoms with E-state index in [2.05, 4.69) is 27.5 Å². The summed E-state index contributed by atoms with van der Waals surface area (Å²) in [4.78, 5) is 11.2. The van der Waals surface area contributed by atoms with E-state index >= 15 is 0 Å². The molecule has 0 bridgehead atoms. The average Bonchev–Trinajstić information content (AvgIpc) is 2.68. The summed E-state index contributed by atoms with van der Waals surface area (Å²) in [6.45, 7) is 7.05. The number of nitrogens with zero attached hydrogens (tertiary/aromatic N) is 3. The number of guanidine groups is 1. The summed E-state index contributed by atoms with van der Waals surface area (Å²) in [5.41, 5.74) is 9.33. The molecule has 0 spiro atoms. The fourth-order valence-corrected chi connectivity index (χ4v) is 3.74. The maximum Gasteiger partial charge on any atom is 0.216 e. The summed E-state index contributed by atoms with van der Waals surface area (Å²) in [7, 11) is 0. The lowest BCUT2D eigenvalue weighted by Crippen LogP contribution is -2.41. The molecule has 0 saturated carbocycles. The monoisotopic (exact) mass is 330 g/mol. The van der Waals surface area contributed by atoms with Crippen molar-refractivity contribution >= 4 is 23.3 Å². The fraction of sp³-hybridized carbons (Fsp3) is 0.444. The highest BCUT2D eigenvalue weighted by atomic mass is 35.5. The minimum Gasteiger partial charge on any atom is -0.368 e. The van der Waals surface area contributed by atoms with Gasteiger partial charge in [-0.2, -0.15) is 0 Å². The summed E-state index contributed by atoms with van der Waals surface area (Å²) in [5.74, 6) is 0.367. The van der Waals surface area contributed by atoms with Gasteiger partial charge < -0.3 is 5.73 Å². The number of aliphatic imine (C=N–C) groups is 2. The van der Waals surface area contributed by atoms with Gasteiger partial charge in [0.25, 0.3) is 0 Å². The molecule has 1 saturated heterocycles. The number of benzene rings is 1. The van der Waals surface area contributed by atoms with Gasteiger partial charge in [0.2, 0.25) is 5.96 Å². The van der Waals surface area contributed by atoms with Crippen LogP contribution in [-0.2, 0) is 0 Å². The molecule has 0 radical (unpaired) electrons. The first-order chi connectivity index (χ1) is 11.0. The molecule has 3 rings (SSSR count). The van der Waals surface area contributed by atoms with E-state index < -0.39 is 0 Å². The van der Waals surface area contributed by atoms with Crippen molar-refractivity contribution < 1.29 is 0 Å². The zero-order valence-corrected chi connectivity index (χ0v) is 14.3. The van der Waals surface area contributed by atoms with Gasteiger partial charge in [-0.1, -0.05) is 42.0 Å². The van der Waals surface area contributed by atoms with Crippen molar-refractivity contribution in [1.29, 1.82) is 0 Å². The highest BCUT2D eigenvalue weighted by Gasteiger charge is 2.32. The van der Waals surface area contributed by atoms with E-state index in [4.69, 9.17) is 17.3 Å². The topological polar surface area (TPSA) is 54.0 Å². The standard InChI is InChI=1S/C18H23ClN4/c1-12-6-5-9-16(14-7-3-4-8-15(14)19)23(11-12)17-10-13(2)21-18(20)22-17/h3-4,7-8,16-17H,1,5-6,9-11H2,2H3,(H2,20,22). The van der Waals surface area contributed by atoms with Gasteiger partial charge in [-0.3, -0.25) is 4.90 Å². The van der Waals surface area contributed by atoms with E-state index in [9.17, 15) is 0 Å². The first-order valence-corrected chi connectivity index (χ1v) is 8.46. The highest BCUT2D eigenvalue weighted by molar-refractivity contribution is 6.31. The molecule has 122 valence electrons. The number of rotatable bonds is 2. The summed E-state index contributed by atoms with van der Waals surface area (Å²) < 4.78 is 0. The lowest BCUT2D eigenvalue weighted by molar-refractivity contribution is 0.153. The van der Waals surface area contributed by atoms with Crippen molar-refractivity contribution in [3.05, 3.63) is 47.0 Å². The van der Waals surface area contributed by atoms with Crippen LogP contribution in [0.3, 0.4) is 0 Å². The molecule has 4 nitrogen and oxygen atoms in total. The molecule has 0 aromatic heterocycles. The Bertz CT molecular complexity index is 665. The quantitative estimate of drug-likeness (QED) is 0.835. The van der Waals surface area contributed by atoms with Crippen LogP contribution in [-0.4, -0.2) is 29.3 Å². The highest BCUT2D eigenvalue weighted by Crippen LogP contribution is 2.37. The molecule has 1 aromatic rings. The second kappa shape index (κ2) is 6.85. The fourth-order valence-electron chi connectivity index (χ4n) is 3.48. The minimum absolute atomic E-state index is 0.00335. The van der Waals surface area contributed by atoms with Crippen LogP contribution >= 0.6 is 11.6 Å². The van der Waals surface area contributed by atoms with E-state index in [0.717, 1.165) is 48.5 Å². The molecule has 23 heavy (non-hydrogen) atoms. The second-order valence-electron chi connectivity index (χ2n) is 6.37. The van der Waals surface area contributed by atoms with Gasteiger partial charge in [0.1, 0.15) is 6.17 Å². The molecule has 1 aromatic carbocycles. The van der Waals surface area contributed by atoms with Crippen molar-refractivity contribution in [2.75, 3.05) is 6.54 Å². The Morgan fingerprint density at radius 2 is 2.13 bits per heavy atom. The maximum atomic E-state index is 6.48. The summed E-state index contributed by atoms with van der Waals surface area (Å²) in [6, 6.07) is 8.32. The van der Waals surface area contributed by atoms with Crippen LogP contribution < -0.4 is 5.73 Å². The van der Waals surface area contributed by atoms with Gasteiger partial charge in [0.05, 0.1) is 0 Å². The molecule has 2 unspecified atom stereocenters. The van der Waals surface area contributed by atoms with Gasteiger partial charge in [-0.05, 0) is 37.8 Å². The van der Waals surface area contributed by atoms with Crippen molar-refractivity contribution in [2.24, 2.45) is 15.7 Å². The lowest BCUT2D eigenvalue weighted by Gasteiger charge is -2.36. The number of hydrogen-bond acceptors (Lipinski definition) is 4. The molecule has 1 fully saturated rings. The van der Waals surface area contributed by atoms with Crippen LogP contribution in [0.2, 0.25) is 5.02 Å². The normalized spacial score (nSPS) is 26.4.